The average molecular weight is 649 g/mol. The van der Waals surface area contributed by atoms with Crippen molar-refractivity contribution < 1.29 is 45.8 Å². The van der Waals surface area contributed by atoms with Crippen LogP contribution in [0, 0.1) is 11.8 Å². The molecule has 2 heterocycles. The Morgan fingerprint density at radius 3 is 1.93 bits per heavy atom. The van der Waals surface area contributed by atoms with Crippen LogP contribution in [0.2, 0.25) is 0 Å². The first-order valence-corrected chi connectivity index (χ1v) is 14.0. The molecule has 2 aromatic carbocycles. The summed E-state index contributed by atoms with van der Waals surface area (Å²) in [7, 11) is 1.52. The van der Waals surface area contributed by atoms with Crippen molar-refractivity contribution >= 4 is 18.1 Å². The molecule has 2 amide bonds. The van der Waals surface area contributed by atoms with E-state index < -0.39 is 52.8 Å². The van der Waals surface area contributed by atoms with Crippen molar-refractivity contribution in [1.29, 1.82) is 0 Å². The first kappa shape index (κ1) is 34.1. The van der Waals surface area contributed by atoms with E-state index in [0.717, 1.165) is 18.2 Å². The summed E-state index contributed by atoms with van der Waals surface area (Å²) in [5, 5.41) is 0. The van der Waals surface area contributed by atoms with E-state index in [9.17, 15) is 27.2 Å². The number of rotatable bonds is 4. The fourth-order valence-electron chi connectivity index (χ4n) is 4.77. The molecule has 0 radical (unpaired) electrons. The van der Waals surface area contributed by atoms with Crippen LogP contribution in [0.15, 0.2) is 65.8 Å². The third-order valence-corrected chi connectivity index (χ3v) is 6.51. The largest absolute Gasteiger partial charge is 0.573 e. The van der Waals surface area contributed by atoms with Crippen LogP contribution in [0.5, 0.6) is 5.75 Å². The SMILES string of the molecule is CN1CC(c2ccc(OC(F)(F)F)cc2)(c2ccc(F)c(-c3cccnc3F)c2)N=C1N(C(=O)OC(C)(C)C)C(=O)OC(C)(C)C. The number of benzene rings is 2. The zero-order valence-corrected chi connectivity index (χ0v) is 26.2. The Morgan fingerprint density at radius 1 is 0.848 bits per heavy atom. The van der Waals surface area contributed by atoms with E-state index in [0.29, 0.717) is 4.90 Å². The predicted octanol–water partition coefficient (Wildman–Crippen LogP) is 7.64. The van der Waals surface area contributed by atoms with Crippen molar-refractivity contribution in [3.05, 3.63) is 83.7 Å². The maximum Gasteiger partial charge on any atom is 0.573 e. The van der Waals surface area contributed by atoms with E-state index in [-0.39, 0.29) is 34.8 Å². The maximum atomic E-state index is 15.2. The molecule has 0 saturated carbocycles. The fraction of sp³-hybridized carbons (Fsp3) is 0.375. The van der Waals surface area contributed by atoms with E-state index in [1.54, 1.807) is 41.5 Å². The first-order chi connectivity index (χ1) is 21.2. The van der Waals surface area contributed by atoms with Crippen LogP contribution in [0.3, 0.4) is 0 Å². The van der Waals surface area contributed by atoms with Gasteiger partial charge in [0.1, 0.15) is 28.3 Å². The molecule has 46 heavy (non-hydrogen) atoms. The molecule has 0 saturated heterocycles. The Balaban J connectivity index is 1.96. The molecular weight excluding hydrogens is 615 g/mol. The van der Waals surface area contributed by atoms with E-state index in [2.05, 4.69) is 9.72 Å². The zero-order chi connectivity index (χ0) is 34.2. The second-order valence-electron chi connectivity index (χ2n) is 12.5. The Kier molecular flexibility index (Phi) is 9.06. The number of carbonyl (C=O) groups excluding carboxylic acids is 2. The predicted molar refractivity (Wildman–Crippen MR) is 158 cm³/mol. The number of amides is 2. The van der Waals surface area contributed by atoms with Gasteiger partial charge >= 0.3 is 18.5 Å². The summed E-state index contributed by atoms with van der Waals surface area (Å²) in [5.74, 6) is -2.45. The molecule has 3 aromatic rings. The molecule has 1 aliphatic rings. The normalized spacial score (nSPS) is 17.0. The fourth-order valence-corrected chi connectivity index (χ4v) is 4.77. The van der Waals surface area contributed by atoms with Gasteiger partial charge in [0.25, 0.3) is 0 Å². The van der Waals surface area contributed by atoms with Gasteiger partial charge in [0.2, 0.25) is 11.9 Å². The molecular formula is C32H33F5N4O5. The van der Waals surface area contributed by atoms with Crippen LogP contribution < -0.4 is 4.74 Å². The molecule has 1 atom stereocenters. The van der Waals surface area contributed by atoms with Gasteiger partial charge in [-0.2, -0.15) is 4.39 Å². The number of ether oxygens (including phenoxy) is 3. The molecule has 4 rings (SSSR count). The van der Waals surface area contributed by atoms with Crippen LogP contribution in [0.25, 0.3) is 11.1 Å². The number of imide groups is 1. The third kappa shape index (κ3) is 7.72. The second kappa shape index (κ2) is 12.2. The number of carbonyl (C=O) groups is 2. The summed E-state index contributed by atoms with van der Waals surface area (Å²) in [5.41, 5.74) is -3.41. The van der Waals surface area contributed by atoms with Crippen molar-refractivity contribution in [1.82, 2.24) is 14.8 Å². The molecule has 1 aliphatic heterocycles. The Morgan fingerprint density at radius 2 is 1.41 bits per heavy atom. The minimum absolute atomic E-state index is 0.107. The van der Waals surface area contributed by atoms with Crippen molar-refractivity contribution in [2.75, 3.05) is 13.6 Å². The van der Waals surface area contributed by atoms with E-state index in [4.69, 9.17) is 14.5 Å². The first-order valence-electron chi connectivity index (χ1n) is 14.0. The number of pyridine rings is 1. The number of aliphatic imine (C=N–C) groups is 1. The lowest BCUT2D eigenvalue weighted by atomic mass is 9.82. The van der Waals surface area contributed by atoms with Crippen LogP contribution in [-0.2, 0) is 15.0 Å². The average Bonchev–Trinajstić information content (AvgIpc) is 3.24. The third-order valence-electron chi connectivity index (χ3n) is 6.51. The van der Waals surface area contributed by atoms with Gasteiger partial charge in [-0.3, -0.25) is 0 Å². The van der Waals surface area contributed by atoms with Gasteiger partial charge in [-0.25, -0.2) is 24.0 Å². The zero-order valence-electron chi connectivity index (χ0n) is 26.2. The minimum Gasteiger partial charge on any atom is -0.443 e. The number of hydrogen-bond acceptors (Lipinski definition) is 8. The number of likely N-dealkylation sites (N-methyl/N-ethyl adjacent to an activating group) is 1. The number of nitrogens with zero attached hydrogens (tertiary/aromatic N) is 4. The highest BCUT2D eigenvalue weighted by Crippen LogP contribution is 2.42. The summed E-state index contributed by atoms with van der Waals surface area (Å²) in [6, 6.07) is 11.3. The van der Waals surface area contributed by atoms with Crippen LogP contribution in [-0.4, -0.2) is 64.1 Å². The van der Waals surface area contributed by atoms with Gasteiger partial charge < -0.3 is 19.1 Å². The number of alkyl halides is 3. The second-order valence-corrected chi connectivity index (χ2v) is 12.5. The van der Waals surface area contributed by atoms with Gasteiger partial charge in [0, 0.05) is 24.4 Å². The van der Waals surface area contributed by atoms with Crippen LogP contribution in [0.4, 0.5) is 31.5 Å². The lowest BCUT2D eigenvalue weighted by Crippen LogP contribution is -2.50. The van der Waals surface area contributed by atoms with Gasteiger partial charge in [-0.05, 0) is 89.1 Å². The summed E-state index contributed by atoms with van der Waals surface area (Å²) < 4.78 is 83.7. The van der Waals surface area contributed by atoms with Crippen LogP contribution >= 0.6 is 0 Å². The number of halogens is 5. The van der Waals surface area contributed by atoms with Crippen molar-refractivity contribution in [3.8, 4) is 16.9 Å². The van der Waals surface area contributed by atoms with Gasteiger partial charge in [-0.1, -0.05) is 18.2 Å². The highest BCUT2D eigenvalue weighted by atomic mass is 19.4. The summed E-state index contributed by atoms with van der Waals surface area (Å²) in [4.78, 5) is 37.4. The standard InChI is InChI=1S/C32H33F5N4O5/c1-29(2,3)45-27(42)41(28(43)46-30(4,5)6)26-39-31(18-40(26)7,19-10-13-21(14-11-19)44-32(35,36)37)20-12-15-24(33)23(17-20)22-9-8-16-38-25(22)34/h8-17H,18H2,1-7H3. The topological polar surface area (TPSA) is 93.6 Å². The lowest BCUT2D eigenvalue weighted by molar-refractivity contribution is -0.274. The molecule has 9 nitrogen and oxygen atoms in total. The Bertz CT molecular complexity index is 1620. The van der Waals surface area contributed by atoms with Crippen molar-refractivity contribution in [2.24, 2.45) is 4.99 Å². The van der Waals surface area contributed by atoms with Crippen molar-refractivity contribution in [2.45, 2.75) is 64.6 Å². The molecule has 246 valence electrons. The molecule has 14 heteroatoms. The van der Waals surface area contributed by atoms with Gasteiger partial charge in [-0.15, -0.1) is 18.1 Å². The highest BCUT2D eigenvalue weighted by Gasteiger charge is 2.47. The maximum absolute atomic E-state index is 15.2. The number of guanidine groups is 1. The molecule has 1 unspecified atom stereocenters. The Hall–Kier alpha value is -4.75. The van der Waals surface area contributed by atoms with Gasteiger partial charge in [0.15, 0.2) is 0 Å². The monoisotopic (exact) mass is 648 g/mol. The minimum atomic E-state index is -4.95. The van der Waals surface area contributed by atoms with Crippen LogP contribution in [0.1, 0.15) is 52.7 Å². The summed E-state index contributed by atoms with van der Waals surface area (Å²) >= 11 is 0. The van der Waals surface area contributed by atoms with E-state index in [1.807, 2.05) is 0 Å². The van der Waals surface area contributed by atoms with E-state index in [1.165, 1.54) is 54.5 Å². The molecule has 0 aliphatic carbocycles. The summed E-state index contributed by atoms with van der Waals surface area (Å²) in [6.07, 6.45) is -5.94. The number of hydrogen-bond donors (Lipinski definition) is 0. The highest BCUT2D eigenvalue weighted by molar-refractivity contribution is 6.08. The molecule has 0 fully saturated rings. The molecule has 0 bridgehead atoms. The van der Waals surface area contributed by atoms with Gasteiger partial charge in [0.05, 0.1) is 6.54 Å². The summed E-state index contributed by atoms with van der Waals surface area (Å²) in [6.45, 7) is 9.51. The molecule has 0 N–H and O–H groups in total. The van der Waals surface area contributed by atoms with E-state index >= 15 is 4.39 Å². The molecule has 1 aromatic heterocycles. The molecule has 0 spiro atoms. The Labute approximate surface area is 262 Å². The quantitative estimate of drug-likeness (QED) is 0.212. The smallest absolute Gasteiger partial charge is 0.443 e. The van der Waals surface area contributed by atoms with Crippen molar-refractivity contribution in [3.63, 3.8) is 0 Å². The number of aromatic nitrogens is 1. The lowest BCUT2D eigenvalue weighted by Gasteiger charge is -2.30.